The normalized spacial score (nSPS) is 30.6. The lowest BCUT2D eigenvalue weighted by atomic mass is 9.88. The number of rotatable bonds is 8. The average Bonchev–Trinajstić information content (AvgIpc) is 2.84. The molecule has 2 heterocycles. The van der Waals surface area contributed by atoms with Crippen LogP contribution in [0, 0.1) is 5.92 Å². The lowest BCUT2D eigenvalue weighted by Crippen LogP contribution is -2.50. The van der Waals surface area contributed by atoms with Crippen LogP contribution >= 0.6 is 0 Å². The highest BCUT2D eigenvalue weighted by molar-refractivity contribution is 5.96. The molecule has 2 saturated heterocycles. The first-order valence-electron chi connectivity index (χ1n) is 12.8. The summed E-state index contributed by atoms with van der Waals surface area (Å²) in [6.45, 7) is 14.5. The van der Waals surface area contributed by atoms with E-state index in [1.54, 1.807) is 7.11 Å². The zero-order valence-electron chi connectivity index (χ0n) is 23.4. The number of ether oxygens (including phenoxy) is 3. The standard InChI is InChI=1S/C25H39NO5.C2H6.CH3NO/c1-17(7-10-21-16-25(5,29-6)13-14-30-21)8-11-23-18(2)15-22(20(4)31-23)26-24(28)12-9-19(3)27;1-2;2-1-3/h7-10,12,18,20-23H,11,13-16H2,1-6H3,(H,26,28);1-2H3;1H,(H2,2,3)/b10-7+,12-9-,17-8+;;. The van der Waals surface area contributed by atoms with Crippen molar-refractivity contribution in [3.8, 4) is 0 Å². The third-order valence-corrected chi connectivity index (χ3v) is 6.35. The van der Waals surface area contributed by atoms with E-state index in [1.807, 2.05) is 20.8 Å². The van der Waals surface area contributed by atoms with Gasteiger partial charge in [0.2, 0.25) is 12.3 Å². The lowest BCUT2D eigenvalue weighted by molar-refractivity contribution is -0.124. The minimum Gasteiger partial charge on any atom is -0.378 e. The zero-order valence-corrected chi connectivity index (χ0v) is 23.4. The van der Waals surface area contributed by atoms with E-state index in [4.69, 9.17) is 19.0 Å². The summed E-state index contributed by atoms with van der Waals surface area (Å²) in [7, 11) is 1.77. The van der Waals surface area contributed by atoms with Crippen LogP contribution in [0.2, 0.25) is 0 Å². The van der Waals surface area contributed by atoms with Crippen molar-refractivity contribution < 1.29 is 28.6 Å². The van der Waals surface area contributed by atoms with Crippen LogP contribution in [-0.2, 0) is 28.6 Å². The molecule has 36 heavy (non-hydrogen) atoms. The molecular weight excluding hydrogens is 460 g/mol. The van der Waals surface area contributed by atoms with Crippen LogP contribution in [0.4, 0.5) is 0 Å². The highest BCUT2D eigenvalue weighted by atomic mass is 16.5. The molecule has 2 fully saturated rings. The molecule has 0 spiro atoms. The van der Waals surface area contributed by atoms with Crippen LogP contribution in [0.3, 0.4) is 0 Å². The summed E-state index contributed by atoms with van der Waals surface area (Å²) in [5, 5.41) is 2.95. The van der Waals surface area contributed by atoms with Gasteiger partial charge in [-0.25, -0.2) is 0 Å². The van der Waals surface area contributed by atoms with E-state index in [9.17, 15) is 9.59 Å². The van der Waals surface area contributed by atoms with Crippen LogP contribution in [-0.4, -0.2) is 61.8 Å². The van der Waals surface area contributed by atoms with Crippen molar-refractivity contribution in [3.05, 3.63) is 36.0 Å². The van der Waals surface area contributed by atoms with Crippen molar-refractivity contribution >= 4 is 18.1 Å². The molecule has 0 aliphatic carbocycles. The van der Waals surface area contributed by atoms with Gasteiger partial charge in [0.05, 0.1) is 36.6 Å². The molecule has 0 bridgehead atoms. The van der Waals surface area contributed by atoms with Crippen molar-refractivity contribution in [2.75, 3.05) is 13.7 Å². The second kappa shape index (κ2) is 18.0. The van der Waals surface area contributed by atoms with Gasteiger partial charge in [-0.05, 0) is 59.0 Å². The van der Waals surface area contributed by atoms with Crippen molar-refractivity contribution in [2.24, 2.45) is 11.7 Å². The van der Waals surface area contributed by atoms with Crippen molar-refractivity contribution in [1.82, 2.24) is 5.32 Å². The Morgan fingerprint density at radius 1 is 1.17 bits per heavy atom. The van der Waals surface area contributed by atoms with Gasteiger partial charge in [0.15, 0.2) is 5.78 Å². The number of amides is 2. The topological polar surface area (TPSA) is 117 Å². The quantitative estimate of drug-likeness (QED) is 0.290. The van der Waals surface area contributed by atoms with E-state index >= 15 is 0 Å². The summed E-state index contributed by atoms with van der Waals surface area (Å²) in [6.07, 6.45) is 12.8. The van der Waals surface area contributed by atoms with Crippen LogP contribution in [0.15, 0.2) is 36.0 Å². The van der Waals surface area contributed by atoms with E-state index in [0.717, 1.165) is 32.3 Å². The van der Waals surface area contributed by atoms with Crippen molar-refractivity contribution in [2.45, 2.75) is 104 Å². The van der Waals surface area contributed by atoms with Gasteiger partial charge in [-0.15, -0.1) is 0 Å². The Hall–Kier alpha value is -2.29. The summed E-state index contributed by atoms with van der Waals surface area (Å²) in [5.41, 5.74) is 5.24. The highest BCUT2D eigenvalue weighted by Crippen LogP contribution is 2.29. The molecular formula is C28H48N2O6. The number of allylic oxidation sites excluding steroid dienone is 3. The molecule has 0 saturated carbocycles. The maximum atomic E-state index is 12.0. The number of primary amides is 1. The SMILES string of the molecule is CC.COC1(C)CCOC(/C=C/C(C)=C/CC2OC(C)C(NC(=O)/C=C\C(C)=O)CC2C)C1.NC=O. The van der Waals surface area contributed by atoms with Gasteiger partial charge in [-0.2, -0.15) is 0 Å². The predicted molar refractivity (Wildman–Crippen MR) is 143 cm³/mol. The van der Waals surface area contributed by atoms with E-state index in [2.05, 4.69) is 50.0 Å². The lowest BCUT2D eigenvalue weighted by Gasteiger charge is -2.39. The minimum absolute atomic E-state index is 0.0566. The number of carbonyl (C=O) groups excluding carboxylic acids is 3. The maximum Gasteiger partial charge on any atom is 0.244 e. The third-order valence-electron chi connectivity index (χ3n) is 6.35. The van der Waals surface area contributed by atoms with E-state index in [-0.39, 0.29) is 48.1 Å². The van der Waals surface area contributed by atoms with Gasteiger partial charge in [0, 0.05) is 19.6 Å². The number of carbonyl (C=O) groups is 3. The molecule has 206 valence electrons. The van der Waals surface area contributed by atoms with Crippen LogP contribution in [0.25, 0.3) is 0 Å². The number of ketones is 1. The molecule has 0 aromatic heterocycles. The van der Waals surface area contributed by atoms with Gasteiger partial charge in [0.1, 0.15) is 0 Å². The van der Waals surface area contributed by atoms with Gasteiger partial charge < -0.3 is 25.3 Å². The molecule has 3 N–H and O–H groups in total. The second-order valence-electron chi connectivity index (χ2n) is 9.35. The monoisotopic (exact) mass is 508 g/mol. The molecule has 0 aromatic carbocycles. The van der Waals surface area contributed by atoms with E-state index in [0.29, 0.717) is 5.92 Å². The second-order valence-corrected chi connectivity index (χ2v) is 9.35. The van der Waals surface area contributed by atoms with E-state index in [1.165, 1.54) is 24.6 Å². The molecule has 0 aromatic rings. The minimum atomic E-state index is -0.253. The van der Waals surface area contributed by atoms with Gasteiger partial charge in [0.25, 0.3) is 0 Å². The maximum absolute atomic E-state index is 12.0. The van der Waals surface area contributed by atoms with Crippen molar-refractivity contribution in [3.63, 3.8) is 0 Å². The molecule has 2 rings (SSSR count). The Morgan fingerprint density at radius 3 is 2.39 bits per heavy atom. The molecule has 8 nitrogen and oxygen atoms in total. The molecule has 8 heteroatoms. The van der Waals surface area contributed by atoms with Gasteiger partial charge >= 0.3 is 0 Å². The number of methoxy groups -OCH3 is 1. The molecule has 2 aliphatic rings. The van der Waals surface area contributed by atoms with E-state index < -0.39 is 0 Å². The number of hydrogen-bond acceptors (Lipinski definition) is 6. The summed E-state index contributed by atoms with van der Waals surface area (Å²) < 4.78 is 17.7. The molecule has 6 unspecified atom stereocenters. The fourth-order valence-corrected chi connectivity index (χ4v) is 4.09. The third kappa shape index (κ3) is 13.1. The predicted octanol–water partition coefficient (Wildman–Crippen LogP) is 4.03. The molecule has 2 aliphatic heterocycles. The Bertz CT molecular complexity index is 763. The Morgan fingerprint density at radius 2 is 1.81 bits per heavy atom. The van der Waals surface area contributed by atoms with Crippen LogP contribution in [0.1, 0.15) is 74.1 Å². The Kier molecular flexibility index (Phi) is 16.9. The van der Waals surface area contributed by atoms with Crippen LogP contribution in [0.5, 0.6) is 0 Å². The largest absolute Gasteiger partial charge is 0.378 e. The fraction of sp³-hybridized carbons (Fsp3) is 0.679. The first-order chi connectivity index (χ1) is 17.0. The van der Waals surface area contributed by atoms with Crippen molar-refractivity contribution in [1.29, 1.82) is 0 Å². The smallest absolute Gasteiger partial charge is 0.244 e. The first-order valence-corrected chi connectivity index (χ1v) is 12.8. The number of nitrogens with one attached hydrogen (secondary N) is 1. The summed E-state index contributed by atoms with van der Waals surface area (Å²) >= 11 is 0. The summed E-state index contributed by atoms with van der Waals surface area (Å²) in [5.74, 6) is -0.0809. The molecule has 6 atom stereocenters. The van der Waals surface area contributed by atoms with Crippen LogP contribution < -0.4 is 11.1 Å². The summed E-state index contributed by atoms with van der Waals surface area (Å²) in [6, 6.07) is -0.0566. The highest BCUT2D eigenvalue weighted by Gasteiger charge is 2.34. The zero-order chi connectivity index (χ0) is 27.7. The molecule has 2 amide bonds. The number of hydrogen-bond donors (Lipinski definition) is 2. The molecule has 0 radical (unpaired) electrons. The van der Waals surface area contributed by atoms with Gasteiger partial charge in [-0.3, -0.25) is 14.4 Å². The summed E-state index contributed by atoms with van der Waals surface area (Å²) in [4.78, 5) is 31.6. The Labute approximate surface area is 217 Å². The fourth-order valence-electron chi connectivity index (χ4n) is 4.09. The first kappa shape index (κ1) is 33.7. The number of nitrogens with two attached hydrogens (primary N) is 1. The van der Waals surface area contributed by atoms with Gasteiger partial charge in [-0.1, -0.05) is 44.6 Å². The Balaban J connectivity index is 0.00000227. The average molecular weight is 509 g/mol.